The first kappa shape index (κ1) is 30.7. The van der Waals surface area contributed by atoms with Gasteiger partial charge in [0.2, 0.25) is 0 Å². The summed E-state index contributed by atoms with van der Waals surface area (Å²) in [5, 5.41) is 11.2. The van der Waals surface area contributed by atoms with E-state index in [-0.39, 0.29) is 25.1 Å². The average Bonchev–Trinajstić information content (AvgIpc) is 3.57. The molecule has 0 saturated carbocycles. The number of hydrogen-bond donors (Lipinski definition) is 2. The quantitative estimate of drug-likeness (QED) is 0.344. The van der Waals surface area contributed by atoms with Gasteiger partial charge in [0.05, 0.1) is 11.7 Å². The topological polar surface area (TPSA) is 114 Å². The van der Waals surface area contributed by atoms with Gasteiger partial charge >= 0.3 is 12.1 Å². The van der Waals surface area contributed by atoms with Crippen LogP contribution < -0.4 is 5.32 Å². The minimum atomic E-state index is -0.879. The number of amides is 3. The number of aldehydes is 1. The Morgan fingerprint density at radius 2 is 1.83 bits per heavy atom. The highest BCUT2D eigenvalue weighted by Gasteiger charge is 2.52. The van der Waals surface area contributed by atoms with E-state index >= 15 is 0 Å². The van der Waals surface area contributed by atoms with Crippen molar-refractivity contribution in [3.63, 3.8) is 0 Å². The van der Waals surface area contributed by atoms with Gasteiger partial charge in [-0.2, -0.15) is 5.10 Å². The molecular formula is C35H45N7O4. The molecule has 2 aromatic carbocycles. The number of nitrogens with one attached hydrogen (secondary N) is 2. The molecule has 3 saturated heterocycles. The maximum atomic E-state index is 14.1. The highest BCUT2D eigenvalue weighted by molar-refractivity contribution is 5.92. The van der Waals surface area contributed by atoms with Gasteiger partial charge in [0.25, 0.3) is 0 Å². The summed E-state index contributed by atoms with van der Waals surface area (Å²) in [6.07, 6.45) is 9.37. The standard InChI is InChI=1S/C35H45N7O4/c1-25-19-26(20-28-22-36-38-32(25)28)24-46-34(45)42-17-11-30(41-23-27-7-3-4-8-31(27)37-33(41)44)21-35(42,12-18-43)40-15-9-29(10-16-40)39-13-5-2-6-14-39/h3-4,7-8,18-20,22,29-30H,2,5-6,9-17,21,23-24H2,1H3,(H,36,38)(H,37,44)/t30-,35+/m1/s1. The summed E-state index contributed by atoms with van der Waals surface area (Å²) >= 11 is 0. The minimum absolute atomic E-state index is 0.125. The highest BCUT2D eigenvalue weighted by atomic mass is 16.6. The summed E-state index contributed by atoms with van der Waals surface area (Å²) in [5.74, 6) is 0. The van der Waals surface area contributed by atoms with Gasteiger partial charge in [-0.1, -0.05) is 30.7 Å². The van der Waals surface area contributed by atoms with Gasteiger partial charge in [0, 0.05) is 62.2 Å². The fraction of sp³-hybridized carbons (Fsp3) is 0.543. The molecule has 1 aromatic heterocycles. The van der Waals surface area contributed by atoms with Gasteiger partial charge in [-0.15, -0.1) is 0 Å². The second-order valence-corrected chi connectivity index (χ2v) is 13.5. The number of rotatable bonds is 7. The number of anilines is 1. The lowest BCUT2D eigenvalue weighted by Crippen LogP contribution is -2.70. The molecule has 4 aliphatic rings. The van der Waals surface area contributed by atoms with Gasteiger partial charge in [0.1, 0.15) is 18.6 Å². The second-order valence-electron chi connectivity index (χ2n) is 13.5. The van der Waals surface area contributed by atoms with Crippen molar-refractivity contribution in [1.29, 1.82) is 0 Å². The Morgan fingerprint density at radius 3 is 2.63 bits per heavy atom. The zero-order valence-electron chi connectivity index (χ0n) is 26.7. The van der Waals surface area contributed by atoms with E-state index in [1.807, 2.05) is 48.2 Å². The molecule has 3 aromatic rings. The van der Waals surface area contributed by atoms with Crippen molar-refractivity contribution in [2.45, 2.75) is 89.2 Å². The van der Waals surface area contributed by atoms with Crippen molar-refractivity contribution in [3.05, 3.63) is 59.3 Å². The molecule has 0 unspecified atom stereocenters. The van der Waals surface area contributed by atoms with E-state index in [1.54, 1.807) is 11.1 Å². The van der Waals surface area contributed by atoms with E-state index in [0.29, 0.717) is 32.0 Å². The number of para-hydroxylation sites is 1. The summed E-state index contributed by atoms with van der Waals surface area (Å²) in [7, 11) is 0. The van der Waals surface area contributed by atoms with Gasteiger partial charge in [-0.05, 0) is 80.9 Å². The summed E-state index contributed by atoms with van der Waals surface area (Å²) in [4.78, 5) is 48.7. The fourth-order valence-corrected chi connectivity index (χ4v) is 8.43. The normalized spacial score (nSPS) is 24.9. The highest BCUT2D eigenvalue weighted by Crippen LogP contribution is 2.40. The lowest BCUT2D eigenvalue weighted by molar-refractivity contribution is -0.129. The Bertz CT molecular complexity index is 1580. The molecule has 46 heavy (non-hydrogen) atoms. The molecule has 11 nitrogen and oxygen atoms in total. The number of aromatic nitrogens is 2. The molecule has 244 valence electrons. The number of nitrogens with zero attached hydrogens (tertiary/aromatic N) is 5. The van der Waals surface area contributed by atoms with E-state index in [2.05, 4.69) is 25.3 Å². The first-order valence-electron chi connectivity index (χ1n) is 16.9. The van der Waals surface area contributed by atoms with Crippen LogP contribution in [0.1, 0.15) is 68.1 Å². The molecule has 11 heteroatoms. The molecule has 3 fully saturated rings. The monoisotopic (exact) mass is 627 g/mol. The molecular weight excluding hydrogens is 582 g/mol. The molecule has 0 radical (unpaired) electrons. The number of ether oxygens (including phenoxy) is 1. The maximum Gasteiger partial charge on any atom is 0.411 e. The van der Waals surface area contributed by atoms with Crippen LogP contribution in [-0.4, -0.2) is 98.7 Å². The Kier molecular flexibility index (Phi) is 8.70. The smallest absolute Gasteiger partial charge is 0.411 e. The van der Waals surface area contributed by atoms with Crippen molar-refractivity contribution >= 4 is 35.0 Å². The summed E-state index contributed by atoms with van der Waals surface area (Å²) in [6, 6.07) is 12.1. The first-order valence-corrected chi connectivity index (χ1v) is 16.9. The van der Waals surface area contributed by atoms with Crippen molar-refractivity contribution in [1.82, 2.24) is 29.8 Å². The van der Waals surface area contributed by atoms with Crippen LogP contribution >= 0.6 is 0 Å². The number of H-pyrrole nitrogens is 1. The molecule has 3 amide bonds. The lowest BCUT2D eigenvalue weighted by atomic mass is 9.84. The predicted octanol–water partition coefficient (Wildman–Crippen LogP) is 5.26. The minimum Gasteiger partial charge on any atom is -0.445 e. The molecule has 4 aliphatic heterocycles. The van der Waals surface area contributed by atoms with Crippen LogP contribution in [0.4, 0.5) is 15.3 Å². The zero-order chi connectivity index (χ0) is 31.7. The number of hydrogen-bond acceptors (Lipinski definition) is 7. The number of fused-ring (bicyclic) bond motifs is 2. The van der Waals surface area contributed by atoms with Crippen LogP contribution in [0.5, 0.6) is 0 Å². The SMILES string of the molecule is Cc1cc(COC(=O)N2CC[C@@H](N3Cc4ccccc4NC3=O)C[C@@]2(CC=O)N2CCC(N3CCCCC3)CC2)cc2cn[nH]c12. The van der Waals surface area contributed by atoms with Gasteiger partial charge in [0.15, 0.2) is 0 Å². The van der Waals surface area contributed by atoms with E-state index < -0.39 is 11.8 Å². The lowest BCUT2D eigenvalue weighted by Gasteiger charge is -2.57. The van der Waals surface area contributed by atoms with Crippen LogP contribution in [0.3, 0.4) is 0 Å². The average molecular weight is 628 g/mol. The van der Waals surface area contributed by atoms with Crippen molar-refractivity contribution in [2.24, 2.45) is 0 Å². The Labute approximate surface area is 270 Å². The molecule has 0 spiro atoms. The Hall–Kier alpha value is -3.96. The van der Waals surface area contributed by atoms with Gasteiger partial charge in [-0.3, -0.25) is 14.9 Å². The molecule has 2 atom stereocenters. The zero-order valence-corrected chi connectivity index (χ0v) is 26.7. The van der Waals surface area contributed by atoms with Crippen molar-refractivity contribution in [2.75, 3.05) is 38.0 Å². The number of carbonyl (C=O) groups excluding carboxylic acids is 3. The first-order chi connectivity index (χ1) is 22.4. The van der Waals surface area contributed by atoms with Crippen LogP contribution in [0.25, 0.3) is 10.9 Å². The van der Waals surface area contributed by atoms with E-state index in [0.717, 1.165) is 78.6 Å². The number of benzene rings is 2. The summed E-state index contributed by atoms with van der Waals surface area (Å²) in [6.45, 7) is 6.92. The Balaban J connectivity index is 1.14. The van der Waals surface area contributed by atoms with Crippen molar-refractivity contribution < 1.29 is 19.1 Å². The van der Waals surface area contributed by atoms with E-state index in [9.17, 15) is 14.4 Å². The maximum absolute atomic E-state index is 14.1. The van der Waals surface area contributed by atoms with Crippen LogP contribution in [0.2, 0.25) is 0 Å². The van der Waals surface area contributed by atoms with Gasteiger partial charge < -0.3 is 24.6 Å². The number of piperidine rings is 3. The third-order valence-corrected chi connectivity index (χ3v) is 10.8. The number of urea groups is 1. The largest absolute Gasteiger partial charge is 0.445 e. The molecule has 7 rings (SSSR count). The molecule has 0 bridgehead atoms. The van der Waals surface area contributed by atoms with Crippen LogP contribution in [-0.2, 0) is 22.7 Å². The third-order valence-electron chi connectivity index (χ3n) is 10.8. The third kappa shape index (κ3) is 5.86. The summed E-state index contributed by atoms with van der Waals surface area (Å²) in [5.41, 5.74) is 3.93. The van der Waals surface area contributed by atoms with Crippen LogP contribution in [0.15, 0.2) is 42.6 Å². The molecule has 2 N–H and O–H groups in total. The van der Waals surface area contributed by atoms with E-state index in [4.69, 9.17) is 4.74 Å². The van der Waals surface area contributed by atoms with E-state index in [1.165, 1.54) is 19.3 Å². The fourth-order valence-electron chi connectivity index (χ4n) is 8.43. The molecule has 0 aliphatic carbocycles. The number of likely N-dealkylation sites (tertiary alicyclic amines) is 3. The van der Waals surface area contributed by atoms with Crippen molar-refractivity contribution in [3.8, 4) is 0 Å². The van der Waals surface area contributed by atoms with Crippen LogP contribution in [0, 0.1) is 6.92 Å². The second kappa shape index (κ2) is 13.0. The molecule has 5 heterocycles. The number of aromatic amines is 1. The van der Waals surface area contributed by atoms with Gasteiger partial charge in [-0.25, -0.2) is 9.59 Å². The summed E-state index contributed by atoms with van der Waals surface area (Å²) < 4.78 is 6.02. The predicted molar refractivity (Wildman–Crippen MR) is 175 cm³/mol. The Morgan fingerprint density at radius 1 is 1.04 bits per heavy atom. The number of carbonyl (C=O) groups is 3. The number of aryl methyl sites for hydroxylation is 1.